The molecule has 0 aliphatic rings. The van der Waals surface area contributed by atoms with Crippen molar-refractivity contribution in [2.24, 2.45) is 0 Å². The highest BCUT2D eigenvalue weighted by molar-refractivity contribution is 5.55. The van der Waals surface area contributed by atoms with Gasteiger partial charge in [0, 0.05) is 24.5 Å². The molecule has 0 aromatic heterocycles. The maximum Gasteiger partial charge on any atom is 0.123 e. The van der Waals surface area contributed by atoms with Crippen LogP contribution in [0.3, 0.4) is 0 Å². The Morgan fingerprint density at radius 2 is 1.56 bits per heavy atom. The largest absolute Gasteiger partial charge is 0.488 e. The van der Waals surface area contributed by atoms with Crippen molar-refractivity contribution in [3.63, 3.8) is 0 Å². The first-order valence-corrected chi connectivity index (χ1v) is 10.5. The van der Waals surface area contributed by atoms with Crippen molar-refractivity contribution in [3.05, 3.63) is 54.1 Å². The van der Waals surface area contributed by atoms with Crippen LogP contribution < -0.4 is 15.0 Å². The van der Waals surface area contributed by atoms with Crippen LogP contribution in [0.5, 0.6) is 5.75 Å². The highest BCUT2D eigenvalue weighted by atomic mass is 16.5. The van der Waals surface area contributed by atoms with Crippen molar-refractivity contribution in [1.29, 1.82) is 0 Å². The summed E-state index contributed by atoms with van der Waals surface area (Å²) in [6.45, 7) is 13.9. The highest BCUT2D eigenvalue weighted by Crippen LogP contribution is 2.29. The van der Waals surface area contributed by atoms with Gasteiger partial charge in [-0.05, 0) is 68.5 Å². The fourth-order valence-electron chi connectivity index (χ4n) is 3.27. The Morgan fingerprint density at radius 3 is 2.15 bits per heavy atom. The molecule has 0 bridgehead atoms. The Hall–Kier alpha value is -2.16. The Labute approximate surface area is 165 Å². The first kappa shape index (κ1) is 21.1. The van der Waals surface area contributed by atoms with Gasteiger partial charge in [0.25, 0.3) is 0 Å². The van der Waals surface area contributed by atoms with Gasteiger partial charge in [-0.3, -0.25) is 0 Å². The second-order valence-electron chi connectivity index (χ2n) is 7.10. The van der Waals surface area contributed by atoms with E-state index in [0.717, 1.165) is 43.9 Å². The van der Waals surface area contributed by atoms with E-state index >= 15 is 0 Å². The number of nitrogens with zero attached hydrogens (tertiary/aromatic N) is 1. The molecular weight excluding hydrogens is 332 g/mol. The first-order valence-electron chi connectivity index (χ1n) is 10.5. The topological polar surface area (TPSA) is 24.5 Å². The summed E-state index contributed by atoms with van der Waals surface area (Å²) in [5.74, 6) is 1.54. The molecule has 2 aromatic carbocycles. The van der Waals surface area contributed by atoms with E-state index in [2.05, 4.69) is 93.4 Å². The van der Waals surface area contributed by atoms with E-state index < -0.39 is 0 Å². The quantitative estimate of drug-likeness (QED) is 0.502. The van der Waals surface area contributed by atoms with Crippen LogP contribution in [0.1, 0.15) is 58.9 Å². The lowest BCUT2D eigenvalue weighted by Crippen LogP contribution is -2.26. The molecule has 27 heavy (non-hydrogen) atoms. The maximum absolute atomic E-state index is 6.37. The number of para-hydroxylation sites is 1. The van der Waals surface area contributed by atoms with Crippen LogP contribution in [-0.4, -0.2) is 25.7 Å². The predicted octanol–water partition coefficient (Wildman–Crippen LogP) is 6.32. The lowest BCUT2D eigenvalue weighted by atomic mass is 9.98. The average Bonchev–Trinajstić information content (AvgIpc) is 2.72. The van der Waals surface area contributed by atoms with Crippen LogP contribution in [0.25, 0.3) is 0 Å². The average molecular weight is 369 g/mol. The second kappa shape index (κ2) is 10.9. The molecule has 0 aliphatic heterocycles. The van der Waals surface area contributed by atoms with Gasteiger partial charge in [-0.15, -0.1) is 0 Å². The molecule has 148 valence electrons. The third-order valence-electron chi connectivity index (χ3n) is 5.34. The fourth-order valence-corrected chi connectivity index (χ4v) is 3.27. The Balaban J connectivity index is 1.98. The first-order chi connectivity index (χ1) is 13.1. The summed E-state index contributed by atoms with van der Waals surface area (Å²) in [5.41, 5.74) is 3.72. The smallest absolute Gasteiger partial charge is 0.123 e. The van der Waals surface area contributed by atoms with E-state index in [0.29, 0.717) is 5.92 Å². The molecule has 0 aliphatic carbocycles. The molecule has 2 atom stereocenters. The number of hydrogen-bond acceptors (Lipinski definition) is 3. The van der Waals surface area contributed by atoms with E-state index in [1.165, 1.54) is 11.3 Å². The zero-order valence-corrected chi connectivity index (χ0v) is 17.7. The highest BCUT2D eigenvalue weighted by Gasteiger charge is 2.14. The summed E-state index contributed by atoms with van der Waals surface area (Å²) in [6.07, 6.45) is 2.24. The number of hydrogen-bond donors (Lipinski definition) is 1. The number of rotatable bonds is 11. The molecule has 3 heteroatoms. The standard InChI is InChI=1S/C24H36N2O/c1-6-19(5)23-12-10-11-13-24(23)27-22(7-2)18-25-20-14-16-21(17-15-20)26(8-3)9-4/h10-17,19,22,25H,6-9,18H2,1-5H3. The molecule has 0 saturated carbocycles. The van der Waals surface area contributed by atoms with E-state index in [1.807, 2.05) is 0 Å². The van der Waals surface area contributed by atoms with Crippen molar-refractivity contribution in [2.75, 3.05) is 29.9 Å². The molecule has 2 aromatic rings. The van der Waals surface area contributed by atoms with Crippen LogP contribution in [0.15, 0.2) is 48.5 Å². The summed E-state index contributed by atoms with van der Waals surface area (Å²) in [6, 6.07) is 17.2. The SMILES string of the molecule is CCC(CNc1ccc(N(CC)CC)cc1)Oc1ccccc1C(C)CC. The molecule has 3 nitrogen and oxygen atoms in total. The van der Waals surface area contributed by atoms with Gasteiger partial charge in [-0.2, -0.15) is 0 Å². The fraction of sp³-hybridized carbons (Fsp3) is 0.500. The van der Waals surface area contributed by atoms with E-state index in [1.54, 1.807) is 0 Å². The maximum atomic E-state index is 6.37. The normalized spacial score (nSPS) is 13.1. The van der Waals surface area contributed by atoms with Crippen molar-refractivity contribution < 1.29 is 4.74 Å². The number of ether oxygens (including phenoxy) is 1. The van der Waals surface area contributed by atoms with Crippen molar-refractivity contribution in [2.45, 2.75) is 59.5 Å². The Bertz CT molecular complexity index is 664. The van der Waals surface area contributed by atoms with Gasteiger partial charge in [0.15, 0.2) is 0 Å². The molecule has 2 rings (SSSR count). The molecule has 0 heterocycles. The number of nitrogens with one attached hydrogen (secondary N) is 1. The molecular formula is C24H36N2O. The molecule has 0 amide bonds. The van der Waals surface area contributed by atoms with Gasteiger partial charge in [0.1, 0.15) is 11.9 Å². The summed E-state index contributed by atoms with van der Waals surface area (Å²) in [7, 11) is 0. The molecule has 0 fully saturated rings. The Kier molecular flexibility index (Phi) is 8.50. The minimum Gasteiger partial charge on any atom is -0.488 e. The van der Waals surface area contributed by atoms with Crippen molar-refractivity contribution >= 4 is 11.4 Å². The summed E-state index contributed by atoms with van der Waals surface area (Å²) < 4.78 is 6.37. The second-order valence-corrected chi connectivity index (χ2v) is 7.10. The van der Waals surface area contributed by atoms with E-state index in [-0.39, 0.29) is 6.10 Å². The van der Waals surface area contributed by atoms with Crippen LogP contribution in [0, 0.1) is 0 Å². The molecule has 0 saturated heterocycles. The minimum atomic E-state index is 0.151. The zero-order chi connectivity index (χ0) is 19.6. The van der Waals surface area contributed by atoms with E-state index in [9.17, 15) is 0 Å². The zero-order valence-electron chi connectivity index (χ0n) is 17.7. The van der Waals surface area contributed by atoms with Crippen LogP contribution >= 0.6 is 0 Å². The van der Waals surface area contributed by atoms with Gasteiger partial charge in [-0.25, -0.2) is 0 Å². The van der Waals surface area contributed by atoms with Crippen LogP contribution in [-0.2, 0) is 0 Å². The molecule has 0 radical (unpaired) electrons. The van der Waals surface area contributed by atoms with Crippen LogP contribution in [0.2, 0.25) is 0 Å². The Morgan fingerprint density at radius 1 is 0.889 bits per heavy atom. The van der Waals surface area contributed by atoms with E-state index in [4.69, 9.17) is 4.74 Å². The van der Waals surface area contributed by atoms with Crippen LogP contribution in [0.4, 0.5) is 11.4 Å². The summed E-state index contributed by atoms with van der Waals surface area (Å²) in [5, 5.41) is 3.54. The number of anilines is 2. The van der Waals surface area contributed by atoms with Gasteiger partial charge < -0.3 is 15.0 Å². The lowest BCUT2D eigenvalue weighted by molar-refractivity contribution is 0.207. The third kappa shape index (κ3) is 5.92. The summed E-state index contributed by atoms with van der Waals surface area (Å²) >= 11 is 0. The monoisotopic (exact) mass is 368 g/mol. The molecule has 1 N–H and O–H groups in total. The van der Waals surface area contributed by atoms with Gasteiger partial charge in [0.2, 0.25) is 0 Å². The van der Waals surface area contributed by atoms with Gasteiger partial charge in [-0.1, -0.05) is 39.0 Å². The van der Waals surface area contributed by atoms with Crippen molar-refractivity contribution in [1.82, 2.24) is 0 Å². The van der Waals surface area contributed by atoms with Crippen molar-refractivity contribution in [3.8, 4) is 5.75 Å². The number of benzene rings is 2. The third-order valence-corrected chi connectivity index (χ3v) is 5.34. The predicted molar refractivity (Wildman–Crippen MR) is 118 cm³/mol. The van der Waals surface area contributed by atoms with Gasteiger partial charge >= 0.3 is 0 Å². The summed E-state index contributed by atoms with van der Waals surface area (Å²) in [4.78, 5) is 2.35. The lowest BCUT2D eigenvalue weighted by Gasteiger charge is -2.23. The minimum absolute atomic E-state index is 0.151. The molecule has 0 spiro atoms. The molecule has 2 unspecified atom stereocenters. The van der Waals surface area contributed by atoms with Gasteiger partial charge in [0.05, 0.1) is 6.54 Å².